The van der Waals surface area contributed by atoms with Gasteiger partial charge in [0, 0.05) is 21.7 Å². The Bertz CT molecular complexity index is 1330. The molecule has 1 heterocycles. The minimum atomic E-state index is -0.608. The van der Waals surface area contributed by atoms with Crippen LogP contribution in [0.3, 0.4) is 0 Å². The summed E-state index contributed by atoms with van der Waals surface area (Å²) in [6.07, 6.45) is 4.51. The summed E-state index contributed by atoms with van der Waals surface area (Å²) in [5.74, 6) is -0.0704. The van der Waals surface area contributed by atoms with Gasteiger partial charge < -0.3 is 14.2 Å². The summed E-state index contributed by atoms with van der Waals surface area (Å²) < 4.78 is 17.3. The lowest BCUT2D eigenvalue weighted by Crippen LogP contribution is -2.06. The zero-order valence-corrected chi connectivity index (χ0v) is 21.0. The second-order valence-corrected chi connectivity index (χ2v) is 8.81. The van der Waals surface area contributed by atoms with Gasteiger partial charge in [0.2, 0.25) is 5.90 Å². The van der Waals surface area contributed by atoms with E-state index in [2.05, 4.69) is 36.9 Å². The molecule has 4 rings (SSSR count). The van der Waals surface area contributed by atoms with Gasteiger partial charge in [0.25, 0.3) is 0 Å². The van der Waals surface area contributed by atoms with Crippen LogP contribution in [0.1, 0.15) is 16.7 Å². The molecule has 8 heteroatoms. The molecule has 3 aromatic carbocycles. The van der Waals surface area contributed by atoms with Gasteiger partial charge in [0.15, 0.2) is 11.4 Å². The normalized spacial score (nSPS) is 14.3. The van der Waals surface area contributed by atoms with Crippen molar-refractivity contribution >= 4 is 61.8 Å². The minimum absolute atomic E-state index is 0.0768. The van der Waals surface area contributed by atoms with Crippen molar-refractivity contribution < 1.29 is 23.8 Å². The number of halogens is 2. The first kappa shape index (κ1) is 23.7. The summed E-state index contributed by atoms with van der Waals surface area (Å²) in [4.78, 5) is 29.3. The van der Waals surface area contributed by atoms with Gasteiger partial charge in [-0.15, -0.1) is 0 Å². The first-order chi connectivity index (χ1) is 16.4. The van der Waals surface area contributed by atoms with Gasteiger partial charge in [-0.25, -0.2) is 14.6 Å². The molecule has 0 amide bonds. The van der Waals surface area contributed by atoms with Gasteiger partial charge in [-0.1, -0.05) is 46.3 Å². The molecule has 0 unspecified atom stereocenters. The lowest BCUT2D eigenvalue weighted by atomic mass is 10.1. The van der Waals surface area contributed by atoms with Crippen LogP contribution in [-0.4, -0.2) is 24.9 Å². The highest BCUT2D eigenvalue weighted by atomic mass is 79.9. The number of ether oxygens (including phenoxy) is 3. The summed E-state index contributed by atoms with van der Waals surface area (Å²) in [6.45, 7) is 0. The van der Waals surface area contributed by atoms with E-state index in [4.69, 9.17) is 14.2 Å². The Kier molecular flexibility index (Phi) is 7.40. The Morgan fingerprint density at radius 2 is 1.76 bits per heavy atom. The molecule has 0 bridgehead atoms. The van der Waals surface area contributed by atoms with Gasteiger partial charge >= 0.3 is 11.9 Å². The average Bonchev–Trinajstić information content (AvgIpc) is 3.20. The molecule has 1 aliphatic heterocycles. The Balaban J connectivity index is 1.62. The number of hydrogen-bond donors (Lipinski definition) is 0. The third kappa shape index (κ3) is 5.70. The molecule has 3 aromatic rings. The van der Waals surface area contributed by atoms with E-state index in [0.29, 0.717) is 21.3 Å². The number of nitrogens with zero attached hydrogens (tertiary/aromatic N) is 1. The first-order valence-corrected chi connectivity index (χ1v) is 11.6. The Labute approximate surface area is 212 Å². The summed E-state index contributed by atoms with van der Waals surface area (Å²) in [5.41, 5.74) is 2.04. The highest BCUT2D eigenvalue weighted by Gasteiger charge is 2.25. The fraction of sp³-hybridized carbons (Fsp3) is 0.0385. The maximum atomic E-state index is 12.5. The largest absolute Gasteiger partial charge is 0.497 e. The molecule has 34 heavy (non-hydrogen) atoms. The van der Waals surface area contributed by atoms with E-state index >= 15 is 0 Å². The maximum Gasteiger partial charge on any atom is 0.363 e. The second-order valence-electron chi connectivity index (χ2n) is 7.04. The first-order valence-electron chi connectivity index (χ1n) is 10.0. The summed E-state index contributed by atoms with van der Waals surface area (Å²) in [6, 6.07) is 19.8. The molecule has 0 atom stereocenters. The molecule has 170 valence electrons. The molecule has 0 saturated carbocycles. The highest BCUT2D eigenvalue weighted by molar-refractivity contribution is 9.11. The Hall–Kier alpha value is -3.49. The predicted molar refractivity (Wildman–Crippen MR) is 137 cm³/mol. The smallest absolute Gasteiger partial charge is 0.363 e. The predicted octanol–water partition coefficient (Wildman–Crippen LogP) is 6.18. The molecule has 0 aromatic heterocycles. The van der Waals surface area contributed by atoms with Crippen LogP contribution in [0.15, 0.2) is 92.4 Å². The molecule has 0 spiro atoms. The van der Waals surface area contributed by atoms with Gasteiger partial charge in [-0.2, -0.15) is 0 Å². The lowest BCUT2D eigenvalue weighted by Gasteiger charge is -2.09. The molecule has 0 N–H and O–H groups in total. The Morgan fingerprint density at radius 3 is 2.47 bits per heavy atom. The fourth-order valence-electron chi connectivity index (χ4n) is 3.07. The molecule has 6 nitrogen and oxygen atoms in total. The molecular formula is C26H17Br2NO5. The van der Waals surface area contributed by atoms with Gasteiger partial charge in [-0.05, 0) is 70.0 Å². The number of carbonyl (C=O) groups excluding carboxylic acids is 2. The van der Waals surface area contributed by atoms with E-state index in [1.807, 2.05) is 30.3 Å². The van der Waals surface area contributed by atoms with E-state index in [1.54, 1.807) is 49.6 Å². The third-order valence-corrected chi connectivity index (χ3v) is 5.75. The standard InChI is InChI=1S/C26H17Br2NO5/c1-32-20-10-8-17(9-11-20)25-29-22(26(31)34-25)14-18-13-19(27)15-21(28)24(18)33-23(30)12-7-16-5-3-2-4-6-16/h2-15H,1H3/b12-7+,22-14-. The van der Waals surface area contributed by atoms with Crippen molar-refractivity contribution in [1.29, 1.82) is 0 Å². The van der Waals surface area contributed by atoms with E-state index in [1.165, 1.54) is 12.2 Å². The molecular weight excluding hydrogens is 566 g/mol. The summed E-state index contributed by atoms with van der Waals surface area (Å²) in [5, 5.41) is 0. The summed E-state index contributed by atoms with van der Waals surface area (Å²) in [7, 11) is 1.57. The van der Waals surface area contributed by atoms with Gasteiger partial charge in [0.05, 0.1) is 11.6 Å². The lowest BCUT2D eigenvalue weighted by molar-refractivity contribution is -0.130. The molecule has 0 aliphatic carbocycles. The Morgan fingerprint density at radius 1 is 1.03 bits per heavy atom. The molecule has 0 radical (unpaired) electrons. The van der Waals surface area contributed by atoms with E-state index in [-0.39, 0.29) is 17.3 Å². The van der Waals surface area contributed by atoms with Crippen LogP contribution in [0.4, 0.5) is 0 Å². The molecule has 0 saturated heterocycles. The number of cyclic esters (lactones) is 1. The number of methoxy groups -OCH3 is 1. The van der Waals surface area contributed by atoms with Crippen molar-refractivity contribution in [1.82, 2.24) is 0 Å². The van der Waals surface area contributed by atoms with E-state index in [0.717, 1.165) is 10.0 Å². The molecule has 0 fully saturated rings. The number of aliphatic imine (C=N–C) groups is 1. The third-order valence-electron chi connectivity index (χ3n) is 4.70. The molecule has 1 aliphatic rings. The highest BCUT2D eigenvalue weighted by Crippen LogP contribution is 2.35. The SMILES string of the molecule is COc1ccc(C2=N/C(=C\c3cc(Br)cc(Br)c3OC(=O)/C=C/c3ccccc3)C(=O)O2)cc1. The maximum absolute atomic E-state index is 12.5. The van der Waals surface area contributed by atoms with E-state index < -0.39 is 11.9 Å². The van der Waals surface area contributed by atoms with Crippen molar-refractivity contribution in [2.24, 2.45) is 4.99 Å². The van der Waals surface area contributed by atoms with Crippen LogP contribution < -0.4 is 9.47 Å². The minimum Gasteiger partial charge on any atom is -0.497 e. The van der Waals surface area contributed by atoms with Crippen LogP contribution in [-0.2, 0) is 14.3 Å². The number of carbonyl (C=O) groups is 2. The number of benzene rings is 3. The van der Waals surface area contributed by atoms with Gasteiger partial charge in [-0.3, -0.25) is 0 Å². The second kappa shape index (κ2) is 10.6. The number of esters is 2. The fourth-order valence-corrected chi connectivity index (χ4v) is 4.41. The van der Waals surface area contributed by atoms with Crippen LogP contribution in [0, 0.1) is 0 Å². The van der Waals surface area contributed by atoms with Crippen LogP contribution >= 0.6 is 31.9 Å². The van der Waals surface area contributed by atoms with Crippen LogP contribution in [0.5, 0.6) is 11.5 Å². The van der Waals surface area contributed by atoms with Crippen molar-refractivity contribution in [2.45, 2.75) is 0 Å². The van der Waals surface area contributed by atoms with Crippen molar-refractivity contribution in [3.8, 4) is 11.5 Å². The quantitative estimate of drug-likeness (QED) is 0.197. The monoisotopic (exact) mass is 581 g/mol. The van der Waals surface area contributed by atoms with Crippen molar-refractivity contribution in [3.05, 3.63) is 104 Å². The zero-order chi connectivity index (χ0) is 24.1. The van der Waals surface area contributed by atoms with Gasteiger partial charge in [0.1, 0.15) is 5.75 Å². The topological polar surface area (TPSA) is 74.2 Å². The van der Waals surface area contributed by atoms with E-state index in [9.17, 15) is 9.59 Å². The van der Waals surface area contributed by atoms with Crippen molar-refractivity contribution in [3.63, 3.8) is 0 Å². The number of rotatable bonds is 6. The van der Waals surface area contributed by atoms with Crippen LogP contribution in [0.2, 0.25) is 0 Å². The van der Waals surface area contributed by atoms with Crippen molar-refractivity contribution in [2.75, 3.05) is 7.11 Å². The number of hydrogen-bond acceptors (Lipinski definition) is 6. The average molecular weight is 583 g/mol. The van der Waals surface area contributed by atoms with Crippen LogP contribution in [0.25, 0.3) is 12.2 Å². The zero-order valence-electron chi connectivity index (χ0n) is 17.8. The summed E-state index contributed by atoms with van der Waals surface area (Å²) >= 11 is 6.85.